The third-order valence-electron chi connectivity index (χ3n) is 3.34. The van der Waals surface area contributed by atoms with Gasteiger partial charge < -0.3 is 10.3 Å². The first-order chi connectivity index (χ1) is 10.1. The Morgan fingerprint density at radius 1 is 1.38 bits per heavy atom. The Kier molecular flexibility index (Phi) is 3.39. The second-order valence-corrected chi connectivity index (χ2v) is 5.01. The summed E-state index contributed by atoms with van der Waals surface area (Å²) in [5.41, 5.74) is 8.98. The van der Waals surface area contributed by atoms with Gasteiger partial charge in [-0.15, -0.1) is 0 Å². The highest BCUT2D eigenvalue weighted by molar-refractivity contribution is 6.32. The molecule has 0 atom stereocenters. The smallest absolute Gasteiger partial charge is 0.278 e. The summed E-state index contributed by atoms with van der Waals surface area (Å²) in [5.74, 6) is 0.825. The van der Waals surface area contributed by atoms with Gasteiger partial charge in [-0.2, -0.15) is 10.1 Å². The first-order valence-electron chi connectivity index (χ1n) is 6.52. The van der Waals surface area contributed by atoms with E-state index in [-0.39, 0.29) is 0 Å². The molecule has 0 aliphatic carbocycles. The topological polar surface area (TPSA) is 82.8 Å². The number of rotatable bonds is 3. The number of hydrogen-bond donors (Lipinski definition) is 1. The lowest BCUT2D eigenvalue weighted by molar-refractivity contribution is 0.427. The van der Waals surface area contributed by atoms with Gasteiger partial charge in [-0.1, -0.05) is 28.9 Å². The number of nitrogens with two attached hydrogens (primary N) is 1. The molecule has 0 saturated heterocycles. The van der Waals surface area contributed by atoms with Gasteiger partial charge in [0, 0.05) is 17.8 Å². The van der Waals surface area contributed by atoms with Crippen LogP contribution in [-0.4, -0.2) is 19.9 Å². The number of benzene rings is 1. The number of nitrogens with zero attached hydrogens (tertiary/aromatic N) is 4. The van der Waals surface area contributed by atoms with Gasteiger partial charge >= 0.3 is 0 Å². The van der Waals surface area contributed by atoms with Crippen LogP contribution >= 0.6 is 11.6 Å². The van der Waals surface area contributed by atoms with Crippen molar-refractivity contribution in [1.29, 1.82) is 0 Å². The largest absolute Gasteiger partial charge is 0.398 e. The average Bonchev–Trinajstić information content (AvgIpc) is 3.08. The Balaban J connectivity index is 2.08. The highest BCUT2D eigenvalue weighted by Crippen LogP contribution is 2.30. The molecule has 0 bridgehead atoms. The molecule has 0 saturated carbocycles. The molecule has 1 aromatic carbocycles. The molecule has 2 aromatic heterocycles. The molecule has 3 rings (SSSR count). The van der Waals surface area contributed by atoms with Gasteiger partial charge in [0.2, 0.25) is 5.82 Å². The summed E-state index contributed by atoms with van der Waals surface area (Å²) in [6.07, 6.45) is 1.57. The molecule has 0 radical (unpaired) electrons. The van der Waals surface area contributed by atoms with Crippen LogP contribution in [0.15, 0.2) is 28.9 Å². The molecule has 0 unspecified atom stereocenters. The van der Waals surface area contributed by atoms with E-state index in [1.54, 1.807) is 10.9 Å². The SMILES string of the molecule is CCn1ncc(Cl)c1-c1nc(-c2cccc(N)c2C)no1. The van der Waals surface area contributed by atoms with Crippen molar-refractivity contribution in [2.75, 3.05) is 5.73 Å². The maximum absolute atomic E-state index is 6.14. The predicted octanol–water partition coefficient (Wildman–Crippen LogP) is 3.16. The van der Waals surface area contributed by atoms with Crippen LogP contribution in [-0.2, 0) is 6.54 Å². The van der Waals surface area contributed by atoms with Crippen LogP contribution in [0.3, 0.4) is 0 Å². The van der Waals surface area contributed by atoms with E-state index < -0.39 is 0 Å². The van der Waals surface area contributed by atoms with E-state index in [1.807, 2.05) is 32.0 Å². The molecule has 0 fully saturated rings. The summed E-state index contributed by atoms with van der Waals surface area (Å²) in [6, 6.07) is 5.60. The zero-order chi connectivity index (χ0) is 15.0. The third-order valence-corrected chi connectivity index (χ3v) is 3.62. The molecular formula is C14H14ClN5O. The lowest BCUT2D eigenvalue weighted by atomic mass is 10.1. The number of halogens is 1. The van der Waals surface area contributed by atoms with Crippen molar-refractivity contribution in [1.82, 2.24) is 19.9 Å². The quantitative estimate of drug-likeness (QED) is 0.751. The van der Waals surface area contributed by atoms with Gasteiger partial charge in [-0.3, -0.25) is 4.68 Å². The van der Waals surface area contributed by atoms with Crippen LogP contribution in [0.2, 0.25) is 5.02 Å². The standard InChI is InChI=1S/C14H14ClN5O/c1-3-20-12(10(15)7-17-20)14-18-13(19-21-14)9-5-4-6-11(16)8(9)2/h4-7H,3,16H2,1-2H3. The number of aromatic nitrogens is 4. The summed E-state index contributed by atoms with van der Waals surface area (Å²) >= 11 is 6.14. The maximum Gasteiger partial charge on any atom is 0.278 e. The van der Waals surface area contributed by atoms with Gasteiger partial charge in [0.1, 0.15) is 5.69 Å². The molecule has 0 aliphatic heterocycles. The lowest BCUT2D eigenvalue weighted by Crippen LogP contribution is -1.99. The Morgan fingerprint density at radius 2 is 2.19 bits per heavy atom. The van der Waals surface area contributed by atoms with Gasteiger partial charge in [-0.05, 0) is 25.5 Å². The van der Waals surface area contributed by atoms with E-state index in [2.05, 4.69) is 15.2 Å². The first kappa shape index (κ1) is 13.6. The highest BCUT2D eigenvalue weighted by Gasteiger charge is 2.19. The van der Waals surface area contributed by atoms with Crippen LogP contribution in [0.25, 0.3) is 23.0 Å². The Hall–Kier alpha value is -2.34. The summed E-state index contributed by atoms with van der Waals surface area (Å²) in [4.78, 5) is 4.42. The third kappa shape index (κ3) is 2.27. The normalized spacial score (nSPS) is 11.0. The van der Waals surface area contributed by atoms with Crippen molar-refractivity contribution in [3.8, 4) is 23.0 Å². The number of aryl methyl sites for hydroxylation is 1. The number of hydrogen-bond acceptors (Lipinski definition) is 5. The molecule has 3 aromatic rings. The minimum atomic E-state index is 0.344. The van der Waals surface area contributed by atoms with Crippen LogP contribution in [0, 0.1) is 6.92 Å². The Bertz CT molecular complexity index is 793. The molecule has 0 aliphatic rings. The number of nitrogen functional groups attached to an aromatic ring is 1. The van der Waals surface area contributed by atoms with Crippen molar-refractivity contribution in [2.45, 2.75) is 20.4 Å². The Morgan fingerprint density at radius 3 is 2.95 bits per heavy atom. The second kappa shape index (κ2) is 5.21. The van der Waals surface area contributed by atoms with E-state index in [9.17, 15) is 0 Å². The predicted molar refractivity (Wildman–Crippen MR) is 80.8 cm³/mol. The molecular weight excluding hydrogens is 290 g/mol. The molecule has 7 heteroatoms. The van der Waals surface area contributed by atoms with Crippen molar-refractivity contribution in [3.63, 3.8) is 0 Å². The van der Waals surface area contributed by atoms with E-state index in [0.29, 0.717) is 34.7 Å². The van der Waals surface area contributed by atoms with Crippen molar-refractivity contribution < 1.29 is 4.52 Å². The summed E-state index contributed by atoms with van der Waals surface area (Å²) < 4.78 is 7.05. The maximum atomic E-state index is 6.14. The average molecular weight is 304 g/mol. The van der Waals surface area contributed by atoms with E-state index in [4.69, 9.17) is 21.9 Å². The minimum Gasteiger partial charge on any atom is -0.398 e. The van der Waals surface area contributed by atoms with Gasteiger partial charge in [-0.25, -0.2) is 0 Å². The van der Waals surface area contributed by atoms with Crippen molar-refractivity contribution in [3.05, 3.63) is 35.0 Å². The highest BCUT2D eigenvalue weighted by atomic mass is 35.5. The van der Waals surface area contributed by atoms with Gasteiger partial charge in [0.25, 0.3) is 5.89 Å². The molecule has 6 nitrogen and oxygen atoms in total. The monoisotopic (exact) mass is 303 g/mol. The van der Waals surface area contributed by atoms with E-state index in [0.717, 1.165) is 11.1 Å². The Labute approximate surface area is 126 Å². The lowest BCUT2D eigenvalue weighted by Gasteiger charge is -2.03. The van der Waals surface area contributed by atoms with E-state index >= 15 is 0 Å². The fourth-order valence-electron chi connectivity index (χ4n) is 2.14. The molecule has 108 valence electrons. The van der Waals surface area contributed by atoms with Crippen molar-refractivity contribution >= 4 is 17.3 Å². The fraction of sp³-hybridized carbons (Fsp3) is 0.214. The minimum absolute atomic E-state index is 0.344. The summed E-state index contributed by atoms with van der Waals surface area (Å²) in [6.45, 7) is 4.55. The zero-order valence-corrected chi connectivity index (χ0v) is 12.4. The number of anilines is 1. The second-order valence-electron chi connectivity index (χ2n) is 4.60. The van der Waals surface area contributed by atoms with E-state index in [1.165, 1.54) is 0 Å². The molecule has 0 spiro atoms. The molecule has 0 amide bonds. The summed E-state index contributed by atoms with van der Waals surface area (Å²) in [7, 11) is 0. The molecule has 21 heavy (non-hydrogen) atoms. The molecule has 2 heterocycles. The van der Waals surface area contributed by atoms with Gasteiger partial charge in [0.15, 0.2) is 0 Å². The molecule has 2 N–H and O–H groups in total. The van der Waals surface area contributed by atoms with Crippen LogP contribution in [0.4, 0.5) is 5.69 Å². The van der Waals surface area contributed by atoms with Crippen molar-refractivity contribution in [2.24, 2.45) is 0 Å². The van der Waals surface area contributed by atoms with Gasteiger partial charge in [0.05, 0.1) is 11.2 Å². The van der Waals surface area contributed by atoms with Crippen LogP contribution < -0.4 is 5.73 Å². The fourth-order valence-corrected chi connectivity index (χ4v) is 2.36. The van der Waals surface area contributed by atoms with Crippen LogP contribution in [0.5, 0.6) is 0 Å². The summed E-state index contributed by atoms with van der Waals surface area (Å²) in [5, 5.41) is 8.66. The van der Waals surface area contributed by atoms with Crippen LogP contribution in [0.1, 0.15) is 12.5 Å². The zero-order valence-electron chi connectivity index (χ0n) is 11.7. The first-order valence-corrected chi connectivity index (χ1v) is 6.90.